The Labute approximate surface area is 103 Å². The number of rotatable bonds is 4. The normalized spacial score (nSPS) is 18.0. The standard InChI is InChI=1S/C14H21NO2/c1-3-16-12-4-6-13(7-5-12)17-14-8-10-15(2)11-9-14/h4-7,14H,3,8-11H2,1-2H3. The highest BCUT2D eigenvalue weighted by atomic mass is 16.5. The van der Waals surface area contributed by atoms with Gasteiger partial charge in [-0.2, -0.15) is 0 Å². The molecule has 0 aliphatic carbocycles. The number of nitrogens with zero attached hydrogens (tertiary/aromatic N) is 1. The minimum Gasteiger partial charge on any atom is -0.494 e. The van der Waals surface area contributed by atoms with Crippen LogP contribution in [0.4, 0.5) is 0 Å². The summed E-state index contributed by atoms with van der Waals surface area (Å²) in [5.74, 6) is 1.85. The summed E-state index contributed by atoms with van der Waals surface area (Å²) in [6.07, 6.45) is 2.59. The summed E-state index contributed by atoms with van der Waals surface area (Å²) >= 11 is 0. The Morgan fingerprint density at radius 2 is 1.71 bits per heavy atom. The second-order valence-electron chi connectivity index (χ2n) is 4.52. The zero-order valence-electron chi connectivity index (χ0n) is 10.7. The quantitative estimate of drug-likeness (QED) is 0.800. The van der Waals surface area contributed by atoms with Crippen molar-refractivity contribution >= 4 is 0 Å². The maximum atomic E-state index is 5.95. The molecule has 1 aromatic rings. The monoisotopic (exact) mass is 235 g/mol. The molecule has 0 bridgehead atoms. The van der Waals surface area contributed by atoms with E-state index < -0.39 is 0 Å². The van der Waals surface area contributed by atoms with Gasteiger partial charge in [0.1, 0.15) is 17.6 Å². The van der Waals surface area contributed by atoms with Crippen LogP contribution in [0.2, 0.25) is 0 Å². The SMILES string of the molecule is CCOc1ccc(OC2CCN(C)CC2)cc1. The van der Waals surface area contributed by atoms with Gasteiger partial charge in [0.25, 0.3) is 0 Å². The molecule has 0 atom stereocenters. The minimum atomic E-state index is 0.365. The third kappa shape index (κ3) is 3.63. The lowest BCUT2D eigenvalue weighted by atomic mass is 10.1. The maximum Gasteiger partial charge on any atom is 0.119 e. The second kappa shape index (κ2) is 5.92. The molecule has 1 aliphatic rings. The summed E-state index contributed by atoms with van der Waals surface area (Å²) < 4.78 is 11.4. The van der Waals surface area contributed by atoms with Crippen LogP contribution in [0, 0.1) is 0 Å². The van der Waals surface area contributed by atoms with Crippen LogP contribution >= 0.6 is 0 Å². The Hall–Kier alpha value is -1.22. The van der Waals surface area contributed by atoms with Crippen LogP contribution in [0.25, 0.3) is 0 Å². The molecule has 0 radical (unpaired) electrons. The smallest absolute Gasteiger partial charge is 0.119 e. The molecular formula is C14H21NO2. The molecule has 0 aromatic heterocycles. The topological polar surface area (TPSA) is 21.7 Å². The van der Waals surface area contributed by atoms with E-state index in [1.54, 1.807) is 0 Å². The molecule has 1 saturated heterocycles. The summed E-state index contributed by atoms with van der Waals surface area (Å²) in [7, 11) is 2.16. The highest BCUT2D eigenvalue weighted by Gasteiger charge is 2.17. The molecule has 0 unspecified atom stereocenters. The maximum absolute atomic E-state index is 5.95. The fraction of sp³-hybridized carbons (Fsp3) is 0.571. The predicted molar refractivity (Wildman–Crippen MR) is 68.8 cm³/mol. The van der Waals surface area contributed by atoms with Crippen molar-refractivity contribution in [2.75, 3.05) is 26.7 Å². The van der Waals surface area contributed by atoms with Crippen LogP contribution in [0.5, 0.6) is 11.5 Å². The van der Waals surface area contributed by atoms with Gasteiger partial charge in [0.2, 0.25) is 0 Å². The molecule has 0 spiro atoms. The third-order valence-electron chi connectivity index (χ3n) is 3.10. The molecule has 0 N–H and O–H groups in total. The lowest BCUT2D eigenvalue weighted by Gasteiger charge is -2.29. The van der Waals surface area contributed by atoms with Crippen molar-refractivity contribution in [1.82, 2.24) is 4.90 Å². The zero-order valence-corrected chi connectivity index (χ0v) is 10.7. The second-order valence-corrected chi connectivity index (χ2v) is 4.52. The summed E-state index contributed by atoms with van der Waals surface area (Å²) in [6.45, 7) is 4.95. The van der Waals surface area contributed by atoms with Crippen LogP contribution in [0.3, 0.4) is 0 Å². The van der Waals surface area contributed by atoms with Crippen molar-refractivity contribution in [3.8, 4) is 11.5 Å². The fourth-order valence-corrected chi connectivity index (χ4v) is 2.08. The summed E-state index contributed by atoms with van der Waals surface area (Å²) in [6, 6.07) is 7.91. The molecule has 1 heterocycles. The van der Waals surface area contributed by atoms with E-state index in [0.717, 1.165) is 37.4 Å². The Morgan fingerprint density at radius 3 is 2.29 bits per heavy atom. The summed E-state index contributed by atoms with van der Waals surface area (Å²) in [5, 5.41) is 0. The zero-order chi connectivity index (χ0) is 12.1. The first-order valence-electron chi connectivity index (χ1n) is 6.36. The van der Waals surface area contributed by atoms with Gasteiger partial charge in [-0.05, 0) is 51.1 Å². The average molecular weight is 235 g/mol. The molecule has 0 saturated carbocycles. The Bertz CT molecular complexity index is 329. The molecule has 3 heteroatoms. The molecule has 1 aromatic carbocycles. The summed E-state index contributed by atoms with van der Waals surface area (Å²) in [5.41, 5.74) is 0. The number of benzene rings is 1. The van der Waals surface area contributed by atoms with Gasteiger partial charge >= 0.3 is 0 Å². The van der Waals surface area contributed by atoms with E-state index in [1.807, 2.05) is 31.2 Å². The van der Waals surface area contributed by atoms with Gasteiger partial charge in [-0.15, -0.1) is 0 Å². The van der Waals surface area contributed by atoms with Gasteiger partial charge in [-0.1, -0.05) is 0 Å². The van der Waals surface area contributed by atoms with Crippen LogP contribution in [0.15, 0.2) is 24.3 Å². The number of ether oxygens (including phenoxy) is 2. The van der Waals surface area contributed by atoms with E-state index >= 15 is 0 Å². The highest BCUT2D eigenvalue weighted by Crippen LogP contribution is 2.21. The van der Waals surface area contributed by atoms with E-state index in [9.17, 15) is 0 Å². The predicted octanol–water partition coefficient (Wildman–Crippen LogP) is 2.56. The van der Waals surface area contributed by atoms with E-state index in [2.05, 4.69) is 11.9 Å². The minimum absolute atomic E-state index is 0.365. The van der Waals surface area contributed by atoms with Gasteiger partial charge < -0.3 is 14.4 Å². The molecule has 3 nitrogen and oxygen atoms in total. The summed E-state index contributed by atoms with van der Waals surface area (Å²) in [4.78, 5) is 2.35. The van der Waals surface area contributed by atoms with Crippen molar-refractivity contribution in [2.24, 2.45) is 0 Å². The van der Waals surface area contributed by atoms with Crippen molar-refractivity contribution < 1.29 is 9.47 Å². The molecule has 1 aliphatic heterocycles. The first kappa shape index (κ1) is 12.2. The molecular weight excluding hydrogens is 214 g/mol. The fourth-order valence-electron chi connectivity index (χ4n) is 2.08. The van der Waals surface area contributed by atoms with E-state index in [0.29, 0.717) is 12.7 Å². The lowest BCUT2D eigenvalue weighted by molar-refractivity contribution is 0.114. The van der Waals surface area contributed by atoms with Gasteiger partial charge in [-0.3, -0.25) is 0 Å². The van der Waals surface area contributed by atoms with Crippen molar-refractivity contribution in [2.45, 2.75) is 25.9 Å². The van der Waals surface area contributed by atoms with Gasteiger partial charge in [0.15, 0.2) is 0 Å². The van der Waals surface area contributed by atoms with Crippen LogP contribution < -0.4 is 9.47 Å². The molecule has 0 amide bonds. The number of hydrogen-bond acceptors (Lipinski definition) is 3. The molecule has 17 heavy (non-hydrogen) atoms. The Balaban J connectivity index is 1.86. The number of piperidine rings is 1. The van der Waals surface area contributed by atoms with E-state index in [4.69, 9.17) is 9.47 Å². The van der Waals surface area contributed by atoms with Crippen molar-refractivity contribution in [3.63, 3.8) is 0 Å². The van der Waals surface area contributed by atoms with Gasteiger partial charge in [0.05, 0.1) is 6.61 Å². The van der Waals surface area contributed by atoms with Crippen LogP contribution in [-0.2, 0) is 0 Å². The number of hydrogen-bond donors (Lipinski definition) is 0. The van der Waals surface area contributed by atoms with E-state index in [1.165, 1.54) is 0 Å². The van der Waals surface area contributed by atoms with Crippen molar-refractivity contribution in [1.29, 1.82) is 0 Å². The Kier molecular flexibility index (Phi) is 4.26. The van der Waals surface area contributed by atoms with E-state index in [-0.39, 0.29) is 0 Å². The first-order valence-corrected chi connectivity index (χ1v) is 6.36. The Morgan fingerprint density at radius 1 is 1.12 bits per heavy atom. The third-order valence-corrected chi connectivity index (χ3v) is 3.10. The molecule has 1 fully saturated rings. The molecule has 94 valence electrons. The van der Waals surface area contributed by atoms with Gasteiger partial charge in [0, 0.05) is 13.1 Å². The molecule has 2 rings (SSSR count). The van der Waals surface area contributed by atoms with Crippen LogP contribution in [0.1, 0.15) is 19.8 Å². The first-order chi connectivity index (χ1) is 8.28. The largest absolute Gasteiger partial charge is 0.494 e. The van der Waals surface area contributed by atoms with Gasteiger partial charge in [-0.25, -0.2) is 0 Å². The lowest BCUT2D eigenvalue weighted by Crippen LogP contribution is -2.35. The number of likely N-dealkylation sites (tertiary alicyclic amines) is 1. The van der Waals surface area contributed by atoms with Crippen LogP contribution in [-0.4, -0.2) is 37.7 Å². The van der Waals surface area contributed by atoms with Crippen molar-refractivity contribution in [3.05, 3.63) is 24.3 Å². The highest BCUT2D eigenvalue weighted by molar-refractivity contribution is 5.31. The average Bonchev–Trinajstić information content (AvgIpc) is 2.35.